The fourth-order valence-electron chi connectivity index (χ4n) is 0.707. The van der Waals surface area contributed by atoms with Gasteiger partial charge in [-0.05, 0) is 0 Å². The molecule has 0 amide bonds. The molecule has 0 N–H and O–H groups in total. The molecular weight excluding hydrogens is 132 g/mol. The number of hydrogen-bond acceptors (Lipinski definition) is 1. The molecule has 0 nitrogen and oxygen atoms in total. The third kappa shape index (κ3) is 6.57. The normalized spacial score (nSPS) is 12.8. The molecule has 0 aromatic rings. The minimum absolute atomic E-state index is 0.379. The lowest BCUT2D eigenvalue weighted by Gasteiger charge is -2.19. The highest BCUT2D eigenvalue weighted by Gasteiger charge is 2.12. The molecule has 0 aliphatic heterocycles. The quantitative estimate of drug-likeness (QED) is 0.515. The lowest BCUT2D eigenvalue weighted by atomic mass is 10.3. The molecule has 0 aliphatic rings. The lowest BCUT2D eigenvalue weighted by molar-refractivity contribution is 0.809. The molecular formula is C6H16SSi. The zero-order valence-corrected chi connectivity index (χ0v) is 8.46. The first-order valence-electron chi connectivity index (χ1n) is 3.09. The fourth-order valence-corrected chi connectivity index (χ4v) is 6.36. The first kappa shape index (κ1) is 8.57. The molecule has 50 valence electrons. The Labute approximate surface area is 58.3 Å². The molecule has 0 spiro atoms. The van der Waals surface area contributed by atoms with Crippen molar-refractivity contribution in [2.75, 3.05) is 0 Å². The van der Waals surface area contributed by atoms with Crippen molar-refractivity contribution in [1.29, 1.82) is 0 Å². The average molecular weight is 148 g/mol. The van der Waals surface area contributed by atoms with Crippen molar-refractivity contribution >= 4 is 19.2 Å². The van der Waals surface area contributed by atoms with Crippen LogP contribution in [0.15, 0.2) is 0 Å². The van der Waals surface area contributed by atoms with E-state index < -0.39 is 0 Å². The molecule has 0 saturated heterocycles. The van der Waals surface area contributed by atoms with Crippen LogP contribution in [0.1, 0.15) is 20.8 Å². The van der Waals surface area contributed by atoms with Crippen LogP contribution in [0.5, 0.6) is 0 Å². The Hall–Kier alpha value is 0.567. The van der Waals surface area contributed by atoms with Gasteiger partial charge in [0.25, 0.3) is 0 Å². The van der Waals surface area contributed by atoms with E-state index >= 15 is 0 Å². The maximum Gasteiger partial charge on any atom is 0.0959 e. The first-order chi connectivity index (χ1) is 3.42. The largest absolute Gasteiger partial charge is 0.184 e. The van der Waals surface area contributed by atoms with E-state index in [2.05, 4.69) is 45.1 Å². The molecule has 0 atom stereocenters. The predicted octanol–water partition coefficient (Wildman–Crippen LogP) is 2.50. The van der Waals surface area contributed by atoms with Gasteiger partial charge in [-0.3, -0.25) is 0 Å². The molecule has 0 radical (unpaired) electrons. The van der Waals surface area contributed by atoms with Gasteiger partial charge in [-0.2, -0.15) is 11.2 Å². The Kier molecular flexibility index (Phi) is 3.13. The van der Waals surface area contributed by atoms with Gasteiger partial charge in [0.1, 0.15) is 0 Å². The van der Waals surface area contributed by atoms with E-state index in [1.807, 2.05) is 0 Å². The van der Waals surface area contributed by atoms with Crippen molar-refractivity contribution in [3.8, 4) is 0 Å². The Bertz CT molecular complexity index is 63.4. The second kappa shape index (κ2) is 2.92. The van der Waals surface area contributed by atoms with Crippen molar-refractivity contribution in [1.82, 2.24) is 0 Å². The van der Waals surface area contributed by atoms with Crippen LogP contribution in [0.25, 0.3) is 0 Å². The minimum Gasteiger partial charge on any atom is -0.184 e. The van der Waals surface area contributed by atoms with Crippen LogP contribution in [-0.2, 0) is 0 Å². The summed E-state index contributed by atoms with van der Waals surface area (Å²) in [6, 6.07) is 0. The van der Waals surface area contributed by atoms with E-state index in [1.165, 1.54) is 0 Å². The third-order valence-electron chi connectivity index (χ3n) is 0.589. The maximum absolute atomic E-state index is 2.37. The van der Waals surface area contributed by atoms with E-state index in [0.29, 0.717) is 4.75 Å². The van der Waals surface area contributed by atoms with Crippen molar-refractivity contribution in [2.45, 2.75) is 38.6 Å². The zero-order valence-electron chi connectivity index (χ0n) is 6.49. The zero-order chi connectivity index (χ0) is 6.78. The molecule has 0 aromatic carbocycles. The van der Waals surface area contributed by atoms with Gasteiger partial charge in [0.2, 0.25) is 0 Å². The van der Waals surface area contributed by atoms with Crippen LogP contribution in [0.3, 0.4) is 0 Å². The van der Waals surface area contributed by atoms with Crippen LogP contribution in [-0.4, -0.2) is 12.7 Å². The van der Waals surface area contributed by atoms with Crippen molar-refractivity contribution in [3.05, 3.63) is 0 Å². The van der Waals surface area contributed by atoms with Crippen LogP contribution in [0, 0.1) is 0 Å². The highest BCUT2D eigenvalue weighted by atomic mass is 32.4. The standard InChI is InChI=1S/C6H16SSi/c1-6(2,3)7-8(4)5/h8H,1-5H3. The lowest BCUT2D eigenvalue weighted by Crippen LogP contribution is -2.13. The van der Waals surface area contributed by atoms with Gasteiger partial charge >= 0.3 is 0 Å². The molecule has 0 rings (SSSR count). The van der Waals surface area contributed by atoms with Gasteiger partial charge in [-0.1, -0.05) is 33.9 Å². The van der Waals surface area contributed by atoms with Crippen molar-refractivity contribution in [2.24, 2.45) is 0 Å². The summed E-state index contributed by atoms with van der Waals surface area (Å²) in [5.74, 6) is 0. The summed E-state index contributed by atoms with van der Waals surface area (Å²) in [5, 5.41) is 0. The van der Waals surface area contributed by atoms with Crippen molar-refractivity contribution < 1.29 is 0 Å². The summed E-state index contributed by atoms with van der Waals surface area (Å²) < 4.78 is 0.500. The molecule has 0 heterocycles. The summed E-state index contributed by atoms with van der Waals surface area (Å²) in [6.45, 7) is 11.6. The van der Waals surface area contributed by atoms with Crippen LogP contribution in [0.2, 0.25) is 13.1 Å². The maximum atomic E-state index is 2.37. The highest BCUT2D eigenvalue weighted by Crippen LogP contribution is 2.25. The number of hydrogen-bond donors (Lipinski definition) is 0. The molecule has 0 aliphatic carbocycles. The molecule has 0 unspecified atom stereocenters. The first-order valence-corrected chi connectivity index (χ1v) is 7.70. The summed E-state index contributed by atoms with van der Waals surface area (Å²) >= 11 is 2.15. The van der Waals surface area contributed by atoms with Gasteiger partial charge in [-0.25, -0.2) is 0 Å². The molecule has 0 saturated carbocycles. The fraction of sp³-hybridized carbons (Fsp3) is 1.00. The van der Waals surface area contributed by atoms with E-state index in [0.717, 1.165) is 0 Å². The smallest absolute Gasteiger partial charge is 0.0959 e. The second-order valence-corrected chi connectivity index (χ2v) is 10.4. The average Bonchev–Trinajstić information content (AvgIpc) is 1.21. The summed E-state index contributed by atoms with van der Waals surface area (Å²) in [4.78, 5) is 0. The van der Waals surface area contributed by atoms with Crippen LogP contribution < -0.4 is 0 Å². The van der Waals surface area contributed by atoms with E-state index in [1.54, 1.807) is 0 Å². The summed E-state index contributed by atoms with van der Waals surface area (Å²) in [7, 11) is -0.379. The van der Waals surface area contributed by atoms with E-state index in [9.17, 15) is 0 Å². The monoisotopic (exact) mass is 148 g/mol. The Balaban J connectivity index is 3.39. The molecule has 0 aromatic heterocycles. The summed E-state index contributed by atoms with van der Waals surface area (Å²) in [6.07, 6.45) is 0. The van der Waals surface area contributed by atoms with Gasteiger partial charge in [0.05, 0.1) is 7.95 Å². The van der Waals surface area contributed by atoms with Gasteiger partial charge in [-0.15, -0.1) is 0 Å². The Morgan fingerprint density at radius 3 is 1.50 bits per heavy atom. The van der Waals surface area contributed by atoms with Crippen molar-refractivity contribution in [3.63, 3.8) is 0 Å². The molecule has 0 fully saturated rings. The van der Waals surface area contributed by atoms with Gasteiger partial charge < -0.3 is 0 Å². The Morgan fingerprint density at radius 2 is 1.50 bits per heavy atom. The van der Waals surface area contributed by atoms with Gasteiger partial charge in [0, 0.05) is 4.75 Å². The van der Waals surface area contributed by atoms with E-state index in [4.69, 9.17) is 0 Å². The molecule has 0 bridgehead atoms. The topological polar surface area (TPSA) is 0 Å². The van der Waals surface area contributed by atoms with Crippen LogP contribution >= 0.6 is 11.2 Å². The second-order valence-electron chi connectivity index (χ2n) is 3.28. The highest BCUT2D eigenvalue weighted by molar-refractivity contribution is 8.26. The summed E-state index contributed by atoms with van der Waals surface area (Å²) in [5.41, 5.74) is 0. The van der Waals surface area contributed by atoms with Gasteiger partial charge in [0.15, 0.2) is 0 Å². The SMILES string of the molecule is C[SiH](C)SC(C)(C)C. The Morgan fingerprint density at radius 1 is 1.12 bits per heavy atom. The molecule has 2 heteroatoms. The van der Waals surface area contributed by atoms with Crippen LogP contribution in [0.4, 0.5) is 0 Å². The minimum atomic E-state index is -0.379. The number of rotatable bonds is 1. The predicted molar refractivity (Wildman–Crippen MR) is 46.2 cm³/mol. The third-order valence-corrected chi connectivity index (χ3v) is 5.30. The van der Waals surface area contributed by atoms with E-state index in [-0.39, 0.29) is 7.95 Å². The molecule has 8 heavy (non-hydrogen) atoms.